The lowest BCUT2D eigenvalue weighted by molar-refractivity contribution is -0.119. The minimum absolute atomic E-state index is 0.327. The highest BCUT2D eigenvalue weighted by molar-refractivity contribution is 6.76. The summed E-state index contributed by atoms with van der Waals surface area (Å²) < 4.78 is -1.92. The topological polar surface area (TPSA) is 29.1 Å². The molecule has 17 heavy (non-hydrogen) atoms. The van der Waals surface area contributed by atoms with Gasteiger partial charge in [-0.15, -0.1) is 0 Å². The number of nitrogens with one attached hydrogen (secondary N) is 1. The second-order valence-corrected chi connectivity index (χ2v) is 5.64. The smallest absolute Gasteiger partial charge is 0.272 e. The van der Waals surface area contributed by atoms with Gasteiger partial charge in [0.05, 0.1) is 0 Å². The monoisotopic (exact) mass is 291 g/mol. The Morgan fingerprint density at radius 1 is 1.29 bits per heavy atom. The summed E-state index contributed by atoms with van der Waals surface area (Å²) in [6, 6.07) is 9.69. The van der Waals surface area contributed by atoms with Crippen molar-refractivity contribution in [3.8, 4) is 0 Å². The number of carbonyl (C=O) groups excluding carboxylic acids is 1. The van der Waals surface area contributed by atoms with Gasteiger partial charge in [0.1, 0.15) is 0 Å². The molecule has 0 aliphatic rings. The van der Waals surface area contributed by atoms with Crippen LogP contribution in [0.15, 0.2) is 36.4 Å². The standard InChI is InChI=1S/C12H12Cl3NO/c1-2-9(10-6-4-3-5-7-10)8-16-11(17)12(13,14)15/h2-7H,8H2,1H3,(H,16,17)/b9-2-. The highest BCUT2D eigenvalue weighted by Gasteiger charge is 2.30. The van der Waals surface area contributed by atoms with E-state index >= 15 is 0 Å². The zero-order chi connectivity index (χ0) is 12.9. The SMILES string of the molecule is C/C=C(/CNC(=O)C(Cl)(Cl)Cl)c1ccccc1. The van der Waals surface area contributed by atoms with E-state index in [1.54, 1.807) is 0 Å². The van der Waals surface area contributed by atoms with Crippen LogP contribution >= 0.6 is 34.8 Å². The van der Waals surface area contributed by atoms with Gasteiger partial charge in [0.15, 0.2) is 0 Å². The van der Waals surface area contributed by atoms with Crippen LogP contribution in [0, 0.1) is 0 Å². The summed E-state index contributed by atoms with van der Waals surface area (Å²) >= 11 is 16.4. The molecule has 0 saturated heterocycles. The van der Waals surface area contributed by atoms with E-state index in [4.69, 9.17) is 34.8 Å². The number of hydrogen-bond donors (Lipinski definition) is 1. The number of amides is 1. The molecule has 0 aliphatic carbocycles. The Hall–Kier alpha value is -0.700. The summed E-state index contributed by atoms with van der Waals surface area (Å²) in [6.45, 7) is 2.22. The Kier molecular flexibility index (Phi) is 5.31. The molecule has 0 fully saturated rings. The molecule has 2 nitrogen and oxygen atoms in total. The van der Waals surface area contributed by atoms with Crippen molar-refractivity contribution in [2.45, 2.75) is 10.7 Å². The van der Waals surface area contributed by atoms with Crippen LogP contribution in [-0.2, 0) is 4.79 Å². The second kappa shape index (κ2) is 6.29. The van der Waals surface area contributed by atoms with Crippen molar-refractivity contribution in [1.29, 1.82) is 0 Å². The van der Waals surface area contributed by atoms with Gasteiger partial charge in [-0.1, -0.05) is 71.2 Å². The molecular formula is C12H12Cl3NO. The quantitative estimate of drug-likeness (QED) is 0.848. The van der Waals surface area contributed by atoms with E-state index in [1.165, 1.54) is 0 Å². The van der Waals surface area contributed by atoms with Gasteiger partial charge >= 0.3 is 0 Å². The number of rotatable bonds is 3. The maximum Gasteiger partial charge on any atom is 0.272 e. The van der Waals surface area contributed by atoms with Crippen molar-refractivity contribution < 1.29 is 4.79 Å². The van der Waals surface area contributed by atoms with Gasteiger partial charge in [0.2, 0.25) is 0 Å². The zero-order valence-electron chi connectivity index (χ0n) is 9.21. The molecule has 0 saturated carbocycles. The van der Waals surface area contributed by atoms with Gasteiger partial charge in [0, 0.05) is 6.54 Å². The first-order valence-corrected chi connectivity index (χ1v) is 6.14. The van der Waals surface area contributed by atoms with Gasteiger partial charge in [-0.25, -0.2) is 0 Å². The van der Waals surface area contributed by atoms with Gasteiger partial charge in [0.25, 0.3) is 9.70 Å². The molecule has 0 aromatic heterocycles. The predicted octanol–water partition coefficient (Wildman–Crippen LogP) is 3.58. The van der Waals surface area contributed by atoms with Crippen LogP contribution in [0.4, 0.5) is 0 Å². The maximum absolute atomic E-state index is 11.4. The van der Waals surface area contributed by atoms with Gasteiger partial charge in [-0.05, 0) is 18.1 Å². The van der Waals surface area contributed by atoms with Crippen molar-refractivity contribution in [2.24, 2.45) is 0 Å². The summed E-state index contributed by atoms with van der Waals surface area (Å²) in [6.07, 6.45) is 1.91. The van der Waals surface area contributed by atoms with Gasteiger partial charge in [-0.2, -0.15) is 0 Å². The van der Waals surface area contributed by atoms with E-state index in [0.29, 0.717) is 6.54 Å². The van der Waals surface area contributed by atoms with Gasteiger partial charge < -0.3 is 5.32 Å². The third-order valence-corrected chi connectivity index (χ3v) is 2.70. The first kappa shape index (κ1) is 14.4. The van der Waals surface area contributed by atoms with E-state index in [0.717, 1.165) is 11.1 Å². The van der Waals surface area contributed by atoms with Crippen LogP contribution in [0.5, 0.6) is 0 Å². The van der Waals surface area contributed by atoms with E-state index in [2.05, 4.69) is 5.32 Å². The summed E-state index contributed by atoms with van der Waals surface area (Å²) in [5.74, 6) is -0.627. The van der Waals surface area contributed by atoms with E-state index in [9.17, 15) is 4.79 Å². The van der Waals surface area contributed by atoms with E-state index < -0.39 is 9.70 Å². The number of hydrogen-bond acceptors (Lipinski definition) is 1. The lowest BCUT2D eigenvalue weighted by atomic mass is 10.1. The molecule has 1 aromatic rings. The molecule has 0 atom stereocenters. The molecule has 0 unspecified atom stereocenters. The average molecular weight is 293 g/mol. The minimum Gasteiger partial charge on any atom is -0.348 e. The highest BCUT2D eigenvalue weighted by Crippen LogP contribution is 2.26. The number of carbonyl (C=O) groups is 1. The van der Waals surface area contributed by atoms with E-state index in [1.807, 2.05) is 43.3 Å². The predicted molar refractivity (Wildman–Crippen MR) is 73.4 cm³/mol. The van der Waals surface area contributed by atoms with Crippen LogP contribution in [0.3, 0.4) is 0 Å². The second-order valence-electron chi connectivity index (χ2n) is 3.36. The zero-order valence-corrected chi connectivity index (χ0v) is 11.5. The molecule has 92 valence electrons. The number of halogens is 3. The molecule has 0 bridgehead atoms. The molecule has 0 radical (unpaired) electrons. The van der Waals surface area contributed by atoms with Crippen molar-refractivity contribution in [3.63, 3.8) is 0 Å². The van der Waals surface area contributed by atoms with Crippen LogP contribution in [-0.4, -0.2) is 16.2 Å². The Bertz CT molecular complexity index is 410. The third-order valence-electron chi connectivity index (χ3n) is 2.19. The molecule has 5 heteroatoms. The van der Waals surface area contributed by atoms with Crippen LogP contribution in [0.25, 0.3) is 5.57 Å². The van der Waals surface area contributed by atoms with E-state index in [-0.39, 0.29) is 0 Å². The van der Waals surface area contributed by atoms with Crippen molar-refractivity contribution in [2.75, 3.05) is 6.54 Å². The fraction of sp³-hybridized carbons (Fsp3) is 0.250. The molecule has 1 rings (SSSR count). The number of allylic oxidation sites excluding steroid dienone is 1. The third kappa shape index (κ3) is 4.58. The minimum atomic E-state index is -1.92. The van der Waals surface area contributed by atoms with Gasteiger partial charge in [-0.3, -0.25) is 4.79 Å². The molecular weight excluding hydrogens is 280 g/mol. The van der Waals surface area contributed by atoms with Crippen LogP contribution < -0.4 is 5.32 Å². The van der Waals surface area contributed by atoms with Crippen molar-refractivity contribution >= 4 is 46.3 Å². The Balaban J connectivity index is 2.65. The Morgan fingerprint density at radius 3 is 2.35 bits per heavy atom. The first-order chi connectivity index (χ1) is 7.95. The number of alkyl halides is 3. The first-order valence-electron chi connectivity index (χ1n) is 5.00. The maximum atomic E-state index is 11.4. The Morgan fingerprint density at radius 2 is 1.88 bits per heavy atom. The Labute approximate surface area is 116 Å². The number of benzene rings is 1. The summed E-state index contributed by atoms with van der Waals surface area (Å²) in [5.41, 5.74) is 1.99. The van der Waals surface area contributed by atoms with Crippen molar-refractivity contribution in [3.05, 3.63) is 42.0 Å². The van der Waals surface area contributed by atoms with Crippen LogP contribution in [0.1, 0.15) is 12.5 Å². The fourth-order valence-corrected chi connectivity index (χ4v) is 1.50. The lowest BCUT2D eigenvalue weighted by Gasteiger charge is -2.13. The molecule has 0 aliphatic heterocycles. The molecule has 0 heterocycles. The molecule has 0 spiro atoms. The molecule has 1 aromatic carbocycles. The van der Waals surface area contributed by atoms with Crippen molar-refractivity contribution in [1.82, 2.24) is 5.32 Å². The highest BCUT2D eigenvalue weighted by atomic mass is 35.6. The summed E-state index contributed by atoms with van der Waals surface area (Å²) in [4.78, 5) is 11.4. The lowest BCUT2D eigenvalue weighted by Crippen LogP contribution is -2.35. The largest absolute Gasteiger partial charge is 0.348 e. The normalized spacial score (nSPS) is 12.4. The summed E-state index contributed by atoms with van der Waals surface area (Å²) in [5, 5.41) is 2.57. The molecule has 1 amide bonds. The van der Waals surface area contributed by atoms with Crippen LogP contribution in [0.2, 0.25) is 0 Å². The molecule has 1 N–H and O–H groups in total. The average Bonchev–Trinajstić information content (AvgIpc) is 2.29. The fourth-order valence-electron chi connectivity index (χ4n) is 1.30. The summed E-state index contributed by atoms with van der Waals surface area (Å²) in [7, 11) is 0.